The molecule has 0 unspecified atom stereocenters. The quantitative estimate of drug-likeness (QED) is 0.893. The zero-order valence-electron chi connectivity index (χ0n) is 14.2. The van der Waals surface area contributed by atoms with Gasteiger partial charge < -0.3 is 5.32 Å². The van der Waals surface area contributed by atoms with Crippen LogP contribution in [0.4, 0.5) is 0 Å². The van der Waals surface area contributed by atoms with Crippen LogP contribution in [-0.4, -0.2) is 37.8 Å². The van der Waals surface area contributed by atoms with Gasteiger partial charge in [-0.1, -0.05) is 35.9 Å². The molecule has 0 aliphatic carbocycles. The number of benzene rings is 2. The summed E-state index contributed by atoms with van der Waals surface area (Å²) in [6, 6.07) is 15.6. The van der Waals surface area contributed by atoms with E-state index in [0.29, 0.717) is 23.5 Å². The predicted molar refractivity (Wildman–Crippen MR) is 96.9 cm³/mol. The fourth-order valence-corrected chi connectivity index (χ4v) is 4.87. The van der Waals surface area contributed by atoms with E-state index in [0.717, 1.165) is 18.4 Å². The Balaban J connectivity index is 1.69. The van der Waals surface area contributed by atoms with Crippen molar-refractivity contribution in [1.29, 1.82) is 0 Å². The molecule has 1 N–H and O–H groups in total. The van der Waals surface area contributed by atoms with Crippen molar-refractivity contribution in [2.45, 2.75) is 30.7 Å². The first-order valence-corrected chi connectivity index (χ1v) is 9.84. The van der Waals surface area contributed by atoms with Gasteiger partial charge in [-0.05, 0) is 44.0 Å². The number of carbonyl (C=O) groups is 1. The molecule has 0 spiro atoms. The summed E-state index contributed by atoms with van der Waals surface area (Å²) in [7, 11) is -3.53. The summed E-state index contributed by atoms with van der Waals surface area (Å²) in [6.45, 7) is 2.74. The third-order valence-electron chi connectivity index (χ3n) is 4.45. The molecule has 0 aromatic heterocycles. The van der Waals surface area contributed by atoms with Crippen molar-refractivity contribution in [3.8, 4) is 0 Å². The van der Waals surface area contributed by atoms with Crippen LogP contribution < -0.4 is 5.32 Å². The molecule has 0 saturated carbocycles. The van der Waals surface area contributed by atoms with Crippen molar-refractivity contribution >= 4 is 15.9 Å². The number of hydrogen-bond acceptors (Lipinski definition) is 3. The molecule has 0 bridgehead atoms. The first kappa shape index (κ1) is 17.6. The number of hydrogen-bond donors (Lipinski definition) is 1. The van der Waals surface area contributed by atoms with Gasteiger partial charge in [-0.15, -0.1) is 0 Å². The Morgan fingerprint density at radius 2 is 1.92 bits per heavy atom. The Morgan fingerprint density at radius 1 is 1.16 bits per heavy atom. The smallest absolute Gasteiger partial charge is 0.251 e. The largest absolute Gasteiger partial charge is 0.350 e. The van der Waals surface area contributed by atoms with E-state index in [4.69, 9.17) is 0 Å². The first-order chi connectivity index (χ1) is 12.0. The molecule has 1 saturated heterocycles. The lowest BCUT2D eigenvalue weighted by Crippen LogP contribution is -2.43. The van der Waals surface area contributed by atoms with Gasteiger partial charge in [-0.25, -0.2) is 8.42 Å². The zero-order chi connectivity index (χ0) is 17.9. The summed E-state index contributed by atoms with van der Waals surface area (Å²) in [6.07, 6.45) is 1.55. The summed E-state index contributed by atoms with van der Waals surface area (Å²) >= 11 is 0. The molecule has 0 radical (unpaired) electrons. The van der Waals surface area contributed by atoms with Crippen molar-refractivity contribution in [2.24, 2.45) is 0 Å². The maximum atomic E-state index is 12.8. The normalized spacial score (nSPS) is 18.2. The molecule has 132 valence electrons. The number of aryl methyl sites for hydroxylation is 1. The summed E-state index contributed by atoms with van der Waals surface area (Å²) < 4.78 is 27.1. The summed E-state index contributed by atoms with van der Waals surface area (Å²) in [5.41, 5.74) is 1.61. The van der Waals surface area contributed by atoms with Gasteiger partial charge >= 0.3 is 0 Å². The predicted octanol–water partition coefficient (Wildman–Crippen LogP) is 2.58. The minimum absolute atomic E-state index is 0.173. The lowest BCUT2D eigenvalue weighted by molar-refractivity contribution is 0.0946. The van der Waals surface area contributed by atoms with Crippen LogP contribution in [0.1, 0.15) is 28.8 Å². The van der Waals surface area contributed by atoms with Crippen LogP contribution in [0.2, 0.25) is 0 Å². The van der Waals surface area contributed by atoms with E-state index in [1.165, 1.54) is 4.31 Å². The Bertz CT molecular complexity index is 850. The van der Waals surface area contributed by atoms with Gasteiger partial charge in [-0.2, -0.15) is 4.31 Å². The standard InChI is InChI=1S/C19H22N2O3S/c1-15-7-5-8-16(13-15)19(22)20-14-17-9-6-12-21(17)25(23,24)18-10-3-2-4-11-18/h2-5,7-8,10-11,13,17H,6,9,12,14H2,1H3,(H,20,22)/t17-/m0/s1. The molecule has 1 fully saturated rings. The van der Waals surface area contributed by atoms with Crippen LogP contribution >= 0.6 is 0 Å². The number of rotatable bonds is 5. The van der Waals surface area contributed by atoms with E-state index >= 15 is 0 Å². The SMILES string of the molecule is Cc1cccc(C(=O)NC[C@@H]2CCCN2S(=O)(=O)c2ccccc2)c1. The van der Waals surface area contributed by atoms with Crippen LogP contribution in [-0.2, 0) is 10.0 Å². The highest BCUT2D eigenvalue weighted by Gasteiger charge is 2.35. The van der Waals surface area contributed by atoms with Gasteiger partial charge in [0.05, 0.1) is 4.90 Å². The Morgan fingerprint density at radius 3 is 2.64 bits per heavy atom. The van der Waals surface area contributed by atoms with Gasteiger partial charge in [-0.3, -0.25) is 4.79 Å². The Kier molecular flexibility index (Phi) is 5.20. The Hall–Kier alpha value is -2.18. The van der Waals surface area contributed by atoms with E-state index in [-0.39, 0.29) is 11.9 Å². The van der Waals surface area contributed by atoms with Crippen molar-refractivity contribution in [1.82, 2.24) is 9.62 Å². The van der Waals surface area contributed by atoms with E-state index in [2.05, 4.69) is 5.32 Å². The number of carbonyl (C=O) groups excluding carboxylic acids is 1. The molecule has 2 aromatic rings. The Labute approximate surface area is 148 Å². The fraction of sp³-hybridized carbons (Fsp3) is 0.316. The molecule has 1 heterocycles. The van der Waals surface area contributed by atoms with Crippen LogP contribution in [0, 0.1) is 6.92 Å². The highest BCUT2D eigenvalue weighted by Crippen LogP contribution is 2.25. The van der Waals surface area contributed by atoms with E-state index < -0.39 is 10.0 Å². The summed E-state index contributed by atoms with van der Waals surface area (Å²) in [5, 5.41) is 2.88. The van der Waals surface area contributed by atoms with Crippen LogP contribution in [0.15, 0.2) is 59.5 Å². The second kappa shape index (κ2) is 7.37. The van der Waals surface area contributed by atoms with E-state index in [1.54, 1.807) is 36.4 Å². The van der Waals surface area contributed by atoms with Crippen LogP contribution in [0.3, 0.4) is 0 Å². The topological polar surface area (TPSA) is 66.5 Å². The molecule has 1 aliphatic heterocycles. The van der Waals surface area contributed by atoms with Gasteiger partial charge in [0.2, 0.25) is 10.0 Å². The third-order valence-corrected chi connectivity index (χ3v) is 6.42. The second-order valence-corrected chi connectivity index (χ2v) is 8.19. The number of nitrogens with zero attached hydrogens (tertiary/aromatic N) is 1. The molecular formula is C19H22N2O3S. The molecule has 5 nitrogen and oxygen atoms in total. The van der Waals surface area contributed by atoms with E-state index in [9.17, 15) is 13.2 Å². The average molecular weight is 358 g/mol. The molecule has 3 rings (SSSR count). The molecule has 1 aliphatic rings. The molecule has 1 amide bonds. The van der Waals surface area contributed by atoms with Crippen molar-refractivity contribution < 1.29 is 13.2 Å². The van der Waals surface area contributed by atoms with Crippen LogP contribution in [0.25, 0.3) is 0 Å². The van der Waals surface area contributed by atoms with Gasteiger partial charge in [0.15, 0.2) is 0 Å². The third kappa shape index (κ3) is 3.91. The lowest BCUT2D eigenvalue weighted by atomic mass is 10.1. The maximum absolute atomic E-state index is 12.8. The summed E-state index contributed by atoms with van der Waals surface area (Å²) in [4.78, 5) is 12.6. The molecule has 6 heteroatoms. The monoisotopic (exact) mass is 358 g/mol. The molecular weight excluding hydrogens is 336 g/mol. The molecule has 2 aromatic carbocycles. The van der Waals surface area contributed by atoms with Crippen molar-refractivity contribution in [3.63, 3.8) is 0 Å². The molecule has 1 atom stereocenters. The maximum Gasteiger partial charge on any atom is 0.251 e. The van der Waals surface area contributed by atoms with Gasteiger partial charge in [0.1, 0.15) is 0 Å². The van der Waals surface area contributed by atoms with E-state index in [1.807, 2.05) is 25.1 Å². The van der Waals surface area contributed by atoms with Crippen molar-refractivity contribution in [3.05, 3.63) is 65.7 Å². The minimum Gasteiger partial charge on any atom is -0.350 e. The first-order valence-electron chi connectivity index (χ1n) is 8.40. The second-order valence-electron chi connectivity index (χ2n) is 6.30. The zero-order valence-corrected chi connectivity index (χ0v) is 15.0. The lowest BCUT2D eigenvalue weighted by Gasteiger charge is -2.24. The average Bonchev–Trinajstić information content (AvgIpc) is 3.10. The summed E-state index contributed by atoms with van der Waals surface area (Å²) in [5.74, 6) is -0.173. The minimum atomic E-state index is -3.53. The van der Waals surface area contributed by atoms with Crippen LogP contribution in [0.5, 0.6) is 0 Å². The van der Waals surface area contributed by atoms with Crippen molar-refractivity contribution in [2.75, 3.05) is 13.1 Å². The molecule has 25 heavy (non-hydrogen) atoms. The highest BCUT2D eigenvalue weighted by atomic mass is 32.2. The number of sulfonamides is 1. The van der Waals surface area contributed by atoms with Gasteiger partial charge in [0, 0.05) is 24.7 Å². The highest BCUT2D eigenvalue weighted by molar-refractivity contribution is 7.89. The number of amides is 1. The van der Waals surface area contributed by atoms with Gasteiger partial charge in [0.25, 0.3) is 5.91 Å². The number of nitrogens with one attached hydrogen (secondary N) is 1. The fourth-order valence-electron chi connectivity index (χ4n) is 3.16.